The van der Waals surface area contributed by atoms with E-state index < -0.39 is 5.97 Å². The molecule has 0 radical (unpaired) electrons. The highest BCUT2D eigenvalue weighted by Gasteiger charge is 2.12. The van der Waals surface area contributed by atoms with Crippen molar-refractivity contribution in [2.75, 3.05) is 12.4 Å². The van der Waals surface area contributed by atoms with Crippen LogP contribution in [0.25, 0.3) is 6.08 Å². The quantitative estimate of drug-likeness (QED) is 0.509. The number of nitrogens with one attached hydrogen (secondary N) is 2. The predicted octanol–water partition coefficient (Wildman–Crippen LogP) is 3.00. The molecule has 0 heterocycles. The molecule has 0 aliphatic carbocycles. The monoisotopic (exact) mass is 340 g/mol. The molecule has 2 aromatic rings. The number of esters is 1. The third-order valence-corrected chi connectivity index (χ3v) is 3.25. The highest BCUT2D eigenvalue weighted by atomic mass is 32.1. The standard InChI is InChI=1S/C18H16N2O3S/c1-23-17(22)14-9-5-6-10-15(14)19-18(24)20-16(21)12-11-13-7-3-2-4-8-13/h2-12H,1H3,(H2,19,20,21,24)/b12-11-. The summed E-state index contributed by atoms with van der Waals surface area (Å²) < 4.78 is 4.71. The lowest BCUT2D eigenvalue weighted by atomic mass is 10.2. The normalized spacial score (nSPS) is 10.2. The van der Waals surface area contributed by atoms with Gasteiger partial charge in [0.2, 0.25) is 5.91 Å². The van der Waals surface area contributed by atoms with Gasteiger partial charge in [-0.2, -0.15) is 0 Å². The van der Waals surface area contributed by atoms with Gasteiger partial charge in [0.1, 0.15) is 0 Å². The number of carbonyl (C=O) groups excluding carboxylic acids is 2. The Bertz CT molecular complexity index is 773. The molecular formula is C18H16N2O3S. The number of amides is 1. The van der Waals surface area contributed by atoms with Gasteiger partial charge in [0.05, 0.1) is 18.4 Å². The molecule has 2 rings (SSSR count). The SMILES string of the molecule is COC(=O)c1ccccc1NC(=S)NC(=O)/C=C\c1ccccc1. The van der Waals surface area contributed by atoms with Crippen LogP contribution >= 0.6 is 12.2 Å². The first-order valence-electron chi connectivity index (χ1n) is 7.12. The zero-order chi connectivity index (χ0) is 17.4. The first-order valence-corrected chi connectivity index (χ1v) is 7.53. The molecule has 24 heavy (non-hydrogen) atoms. The van der Waals surface area contributed by atoms with E-state index in [2.05, 4.69) is 10.6 Å². The minimum Gasteiger partial charge on any atom is -0.465 e. The average Bonchev–Trinajstić information content (AvgIpc) is 2.60. The lowest BCUT2D eigenvalue weighted by Crippen LogP contribution is -2.33. The second kappa shape index (κ2) is 8.59. The number of carbonyl (C=O) groups is 2. The molecule has 122 valence electrons. The van der Waals surface area contributed by atoms with E-state index in [0.717, 1.165) is 5.56 Å². The molecule has 0 aromatic heterocycles. The number of hydrogen-bond acceptors (Lipinski definition) is 4. The number of hydrogen-bond donors (Lipinski definition) is 2. The minimum absolute atomic E-state index is 0.0917. The summed E-state index contributed by atoms with van der Waals surface area (Å²) in [5.74, 6) is -0.858. The van der Waals surface area contributed by atoms with Crippen LogP contribution in [0.1, 0.15) is 15.9 Å². The van der Waals surface area contributed by atoms with Crippen LogP contribution < -0.4 is 10.6 Å². The third-order valence-electron chi connectivity index (χ3n) is 3.04. The van der Waals surface area contributed by atoms with Crippen molar-refractivity contribution in [1.82, 2.24) is 5.32 Å². The molecule has 0 unspecified atom stereocenters. The topological polar surface area (TPSA) is 67.4 Å². The second-order valence-corrected chi connectivity index (χ2v) is 5.13. The summed E-state index contributed by atoms with van der Waals surface area (Å²) in [6.07, 6.45) is 3.07. The van der Waals surface area contributed by atoms with Crippen LogP contribution in [-0.4, -0.2) is 24.1 Å². The molecule has 0 aliphatic heterocycles. The average molecular weight is 340 g/mol. The van der Waals surface area contributed by atoms with E-state index in [4.69, 9.17) is 17.0 Å². The summed E-state index contributed by atoms with van der Waals surface area (Å²) in [6.45, 7) is 0. The van der Waals surface area contributed by atoms with Gasteiger partial charge in [-0.3, -0.25) is 10.1 Å². The summed E-state index contributed by atoms with van der Waals surface area (Å²) in [6, 6.07) is 16.2. The zero-order valence-electron chi connectivity index (χ0n) is 13.0. The number of rotatable bonds is 4. The van der Waals surface area contributed by atoms with Gasteiger partial charge in [-0.1, -0.05) is 42.5 Å². The second-order valence-electron chi connectivity index (χ2n) is 4.72. The van der Waals surface area contributed by atoms with E-state index in [9.17, 15) is 9.59 Å². The van der Waals surface area contributed by atoms with Crippen molar-refractivity contribution in [2.45, 2.75) is 0 Å². The molecule has 1 amide bonds. The number of ether oxygens (including phenoxy) is 1. The zero-order valence-corrected chi connectivity index (χ0v) is 13.8. The number of benzene rings is 2. The Kier molecular flexibility index (Phi) is 6.22. The van der Waals surface area contributed by atoms with Crippen molar-refractivity contribution < 1.29 is 14.3 Å². The van der Waals surface area contributed by atoms with E-state index >= 15 is 0 Å². The van der Waals surface area contributed by atoms with E-state index in [0.29, 0.717) is 11.3 Å². The largest absolute Gasteiger partial charge is 0.465 e. The van der Waals surface area contributed by atoms with E-state index in [1.54, 1.807) is 30.3 Å². The Morgan fingerprint density at radius 3 is 2.42 bits per heavy atom. The van der Waals surface area contributed by atoms with Crippen molar-refractivity contribution in [2.24, 2.45) is 0 Å². The molecule has 0 bridgehead atoms. The molecule has 0 saturated heterocycles. The molecule has 6 heteroatoms. The van der Waals surface area contributed by atoms with Crippen LogP contribution in [0.3, 0.4) is 0 Å². The van der Waals surface area contributed by atoms with Gasteiger partial charge in [0.25, 0.3) is 0 Å². The lowest BCUT2D eigenvalue weighted by Gasteiger charge is -2.11. The molecule has 0 spiro atoms. The number of anilines is 1. The van der Waals surface area contributed by atoms with E-state index in [1.165, 1.54) is 13.2 Å². The molecular weight excluding hydrogens is 324 g/mol. The van der Waals surface area contributed by atoms with Crippen molar-refractivity contribution in [3.8, 4) is 0 Å². The Hall–Kier alpha value is -2.99. The minimum atomic E-state index is -0.490. The molecule has 5 nitrogen and oxygen atoms in total. The smallest absolute Gasteiger partial charge is 0.339 e. The van der Waals surface area contributed by atoms with E-state index in [1.807, 2.05) is 30.3 Å². The van der Waals surface area contributed by atoms with Crippen LogP contribution in [0.4, 0.5) is 5.69 Å². The summed E-state index contributed by atoms with van der Waals surface area (Å²) in [5, 5.41) is 5.44. The van der Waals surface area contributed by atoms with Gasteiger partial charge in [0.15, 0.2) is 5.11 Å². The van der Waals surface area contributed by atoms with Crippen LogP contribution in [0.2, 0.25) is 0 Å². The van der Waals surface area contributed by atoms with Crippen LogP contribution in [0, 0.1) is 0 Å². The fraction of sp³-hybridized carbons (Fsp3) is 0.0556. The molecule has 0 atom stereocenters. The maximum atomic E-state index is 11.9. The Balaban J connectivity index is 1.97. The van der Waals surface area contributed by atoms with Gasteiger partial charge < -0.3 is 10.1 Å². The lowest BCUT2D eigenvalue weighted by molar-refractivity contribution is -0.115. The summed E-state index contributed by atoms with van der Waals surface area (Å²) in [5.41, 5.74) is 1.70. The van der Waals surface area contributed by atoms with Crippen LogP contribution in [0.5, 0.6) is 0 Å². The van der Waals surface area contributed by atoms with Gasteiger partial charge in [-0.15, -0.1) is 0 Å². The number of methoxy groups -OCH3 is 1. The Morgan fingerprint density at radius 1 is 1.04 bits per heavy atom. The predicted molar refractivity (Wildman–Crippen MR) is 97.6 cm³/mol. The first-order chi connectivity index (χ1) is 11.6. The molecule has 2 aromatic carbocycles. The Morgan fingerprint density at radius 2 is 1.71 bits per heavy atom. The van der Waals surface area contributed by atoms with Crippen molar-refractivity contribution >= 4 is 41.0 Å². The highest BCUT2D eigenvalue weighted by molar-refractivity contribution is 7.80. The fourth-order valence-electron chi connectivity index (χ4n) is 1.92. The third kappa shape index (κ3) is 5.03. The van der Waals surface area contributed by atoms with Gasteiger partial charge in [-0.05, 0) is 36.0 Å². The number of thiocarbonyl (C=S) groups is 1. The van der Waals surface area contributed by atoms with Crippen molar-refractivity contribution in [1.29, 1.82) is 0 Å². The maximum Gasteiger partial charge on any atom is 0.339 e. The summed E-state index contributed by atoms with van der Waals surface area (Å²) in [7, 11) is 1.30. The fourth-order valence-corrected chi connectivity index (χ4v) is 2.13. The number of para-hydroxylation sites is 1. The maximum absolute atomic E-state index is 11.9. The van der Waals surface area contributed by atoms with E-state index in [-0.39, 0.29) is 11.0 Å². The van der Waals surface area contributed by atoms with Gasteiger partial charge in [0, 0.05) is 6.08 Å². The first kappa shape index (κ1) is 17.4. The van der Waals surface area contributed by atoms with Gasteiger partial charge in [-0.25, -0.2) is 4.79 Å². The molecule has 0 fully saturated rings. The molecule has 0 aliphatic rings. The Labute approximate surface area is 145 Å². The molecule has 0 saturated carbocycles. The summed E-state index contributed by atoms with van der Waals surface area (Å²) >= 11 is 5.10. The van der Waals surface area contributed by atoms with Crippen LogP contribution in [-0.2, 0) is 9.53 Å². The van der Waals surface area contributed by atoms with Gasteiger partial charge >= 0.3 is 5.97 Å². The van der Waals surface area contributed by atoms with Crippen molar-refractivity contribution in [3.63, 3.8) is 0 Å². The summed E-state index contributed by atoms with van der Waals surface area (Å²) in [4.78, 5) is 23.6. The highest BCUT2D eigenvalue weighted by Crippen LogP contribution is 2.15. The molecule has 2 N–H and O–H groups in total. The van der Waals surface area contributed by atoms with Crippen LogP contribution in [0.15, 0.2) is 60.7 Å². The van der Waals surface area contributed by atoms with Crippen molar-refractivity contribution in [3.05, 3.63) is 71.8 Å².